The zero-order valence-corrected chi connectivity index (χ0v) is 23.4. The number of aryl methyl sites for hydroxylation is 2. The number of oxime groups is 1. The second kappa shape index (κ2) is 9.74. The van der Waals surface area contributed by atoms with Crippen LogP contribution in [0.1, 0.15) is 90.0 Å². The van der Waals surface area contributed by atoms with Crippen LogP contribution in [0.2, 0.25) is 16.6 Å². The second-order valence-corrected chi connectivity index (χ2v) is 16.8. The van der Waals surface area contributed by atoms with Crippen molar-refractivity contribution in [2.45, 2.75) is 97.2 Å². The van der Waals surface area contributed by atoms with Crippen LogP contribution < -0.4 is 0 Å². The molecule has 0 N–H and O–H groups in total. The van der Waals surface area contributed by atoms with Gasteiger partial charge in [0.1, 0.15) is 15.2 Å². The molecular formula is C31H41NOSi. The molecule has 2 aliphatic carbocycles. The number of hydrogen-bond donors (Lipinski definition) is 0. The molecule has 2 nitrogen and oxygen atoms in total. The van der Waals surface area contributed by atoms with Gasteiger partial charge in [0.15, 0.2) is 0 Å². The summed E-state index contributed by atoms with van der Waals surface area (Å²) in [6, 6.07) is 9.26. The SMILES string of the molecule is CO/N=C1\CCCC(C)=C1c1c(C#C[Si](C(C)C)(C(C)C)C(C)C)cc2c3c(cccc13)CC2. The van der Waals surface area contributed by atoms with E-state index in [1.165, 1.54) is 44.2 Å². The van der Waals surface area contributed by atoms with Gasteiger partial charge in [-0.2, -0.15) is 0 Å². The highest BCUT2D eigenvalue weighted by molar-refractivity contribution is 6.90. The van der Waals surface area contributed by atoms with E-state index in [4.69, 9.17) is 4.84 Å². The van der Waals surface area contributed by atoms with Crippen LogP contribution >= 0.6 is 0 Å². The molecule has 34 heavy (non-hydrogen) atoms. The first-order valence-electron chi connectivity index (χ1n) is 13.1. The largest absolute Gasteiger partial charge is 0.399 e. The Morgan fingerprint density at radius 3 is 2.24 bits per heavy atom. The van der Waals surface area contributed by atoms with Crippen molar-refractivity contribution in [1.82, 2.24) is 0 Å². The summed E-state index contributed by atoms with van der Waals surface area (Å²) in [5.41, 5.74) is 15.1. The van der Waals surface area contributed by atoms with Crippen LogP contribution in [0.25, 0.3) is 16.3 Å². The average molecular weight is 472 g/mol. The number of hydrogen-bond acceptors (Lipinski definition) is 2. The van der Waals surface area contributed by atoms with Crippen LogP contribution in [0.15, 0.2) is 35.0 Å². The molecule has 2 aliphatic rings. The van der Waals surface area contributed by atoms with E-state index in [-0.39, 0.29) is 0 Å². The molecule has 0 unspecified atom stereocenters. The zero-order valence-electron chi connectivity index (χ0n) is 22.4. The van der Waals surface area contributed by atoms with Crippen LogP contribution in [-0.4, -0.2) is 20.9 Å². The summed E-state index contributed by atoms with van der Waals surface area (Å²) in [5.74, 6) is 3.85. The maximum atomic E-state index is 5.33. The summed E-state index contributed by atoms with van der Waals surface area (Å²) in [4.78, 5) is 5.33. The van der Waals surface area contributed by atoms with Crippen LogP contribution in [0.3, 0.4) is 0 Å². The molecule has 4 rings (SSSR count). The predicted octanol–water partition coefficient (Wildman–Crippen LogP) is 8.47. The average Bonchev–Trinajstić information content (AvgIpc) is 3.19. The minimum absolute atomic E-state index is 0.618. The van der Waals surface area contributed by atoms with Crippen LogP contribution in [-0.2, 0) is 17.7 Å². The van der Waals surface area contributed by atoms with Gasteiger partial charge in [-0.1, -0.05) is 76.4 Å². The molecule has 0 saturated carbocycles. The molecule has 0 aromatic heterocycles. The van der Waals surface area contributed by atoms with Crippen molar-refractivity contribution in [2.24, 2.45) is 5.16 Å². The lowest BCUT2D eigenvalue weighted by Crippen LogP contribution is -2.43. The van der Waals surface area contributed by atoms with E-state index in [2.05, 4.69) is 89.4 Å². The van der Waals surface area contributed by atoms with E-state index in [1.807, 2.05) is 0 Å². The van der Waals surface area contributed by atoms with Crippen LogP contribution in [0.5, 0.6) is 0 Å². The normalized spacial score (nSPS) is 17.3. The van der Waals surface area contributed by atoms with Crippen LogP contribution in [0.4, 0.5) is 0 Å². The van der Waals surface area contributed by atoms with Gasteiger partial charge in [0.2, 0.25) is 0 Å². The Morgan fingerprint density at radius 2 is 1.59 bits per heavy atom. The van der Waals surface area contributed by atoms with E-state index in [0.717, 1.165) is 37.8 Å². The third-order valence-electron chi connectivity index (χ3n) is 8.40. The van der Waals surface area contributed by atoms with Crippen molar-refractivity contribution in [3.05, 3.63) is 52.1 Å². The van der Waals surface area contributed by atoms with Gasteiger partial charge in [-0.05, 0) is 83.6 Å². The highest BCUT2D eigenvalue weighted by atomic mass is 28.3. The van der Waals surface area contributed by atoms with Crippen molar-refractivity contribution >= 4 is 30.1 Å². The van der Waals surface area contributed by atoms with Gasteiger partial charge in [-0.3, -0.25) is 0 Å². The fourth-order valence-corrected chi connectivity index (χ4v) is 12.1. The summed E-state index contributed by atoms with van der Waals surface area (Å²) in [6.45, 7) is 16.6. The van der Waals surface area contributed by atoms with Gasteiger partial charge in [0, 0.05) is 16.7 Å². The topological polar surface area (TPSA) is 21.6 Å². The number of rotatable bonds is 5. The molecule has 2 aromatic rings. The van der Waals surface area contributed by atoms with Gasteiger partial charge >= 0.3 is 0 Å². The molecule has 2 aromatic carbocycles. The molecular weight excluding hydrogens is 430 g/mol. The lowest BCUT2D eigenvalue weighted by atomic mass is 9.81. The summed E-state index contributed by atoms with van der Waals surface area (Å²) < 4.78 is 0. The molecule has 0 aliphatic heterocycles. The third kappa shape index (κ3) is 4.05. The van der Waals surface area contributed by atoms with Gasteiger partial charge in [-0.15, -0.1) is 5.54 Å². The molecule has 3 heteroatoms. The molecule has 0 fully saturated rings. The summed E-state index contributed by atoms with van der Waals surface area (Å²) in [7, 11) is -0.183. The van der Waals surface area contributed by atoms with Crippen molar-refractivity contribution in [2.75, 3.05) is 7.11 Å². The van der Waals surface area contributed by atoms with Crippen molar-refractivity contribution in [3.63, 3.8) is 0 Å². The molecule has 0 heterocycles. The Morgan fingerprint density at radius 1 is 0.912 bits per heavy atom. The monoisotopic (exact) mass is 471 g/mol. The molecule has 0 radical (unpaired) electrons. The minimum Gasteiger partial charge on any atom is -0.399 e. The summed E-state index contributed by atoms with van der Waals surface area (Å²) >= 11 is 0. The Kier molecular flexibility index (Phi) is 7.11. The fraction of sp³-hybridized carbons (Fsp3) is 0.516. The van der Waals surface area contributed by atoms with Gasteiger partial charge < -0.3 is 4.84 Å². The lowest BCUT2D eigenvalue weighted by Gasteiger charge is -2.38. The molecule has 0 bridgehead atoms. The first-order valence-corrected chi connectivity index (χ1v) is 15.4. The maximum Gasteiger partial charge on any atom is 0.146 e. The Hall–Kier alpha value is -2.31. The Balaban J connectivity index is 2.07. The van der Waals surface area contributed by atoms with Crippen molar-refractivity contribution in [3.8, 4) is 11.5 Å². The number of allylic oxidation sites excluding steroid dienone is 2. The lowest BCUT2D eigenvalue weighted by molar-refractivity contribution is 0.213. The summed E-state index contributed by atoms with van der Waals surface area (Å²) in [5, 5.41) is 7.31. The smallest absolute Gasteiger partial charge is 0.146 e. The van der Waals surface area contributed by atoms with Crippen LogP contribution in [0, 0.1) is 11.5 Å². The number of benzene rings is 2. The van der Waals surface area contributed by atoms with Crippen molar-refractivity contribution in [1.29, 1.82) is 0 Å². The first kappa shape index (κ1) is 24.8. The standard InChI is InChI=1S/C31H41NOSi/c1-20(2)34(21(3)4,22(5)6)18-17-26-19-25-16-15-24-12-10-13-27(30(24)25)31(26)29-23(7)11-9-14-28(29)32-33-8/h10,12-13,19-22H,9,11,14-16H2,1-8H3/b32-28+. The highest BCUT2D eigenvalue weighted by Crippen LogP contribution is 2.43. The molecule has 180 valence electrons. The molecule has 0 atom stereocenters. The molecule has 0 spiro atoms. The third-order valence-corrected chi connectivity index (χ3v) is 14.7. The maximum absolute atomic E-state index is 5.33. The minimum atomic E-state index is -1.85. The van der Waals surface area contributed by atoms with Gasteiger partial charge in [0.25, 0.3) is 0 Å². The van der Waals surface area contributed by atoms with Gasteiger partial charge in [-0.25, -0.2) is 0 Å². The Bertz CT molecular complexity index is 1200. The quantitative estimate of drug-likeness (QED) is 0.243. The molecule has 0 saturated heterocycles. The fourth-order valence-electron chi connectivity index (χ4n) is 6.88. The van der Waals surface area contributed by atoms with Gasteiger partial charge in [0.05, 0.1) is 5.71 Å². The Labute approximate surface area is 207 Å². The number of nitrogens with zero attached hydrogens (tertiary/aromatic N) is 1. The highest BCUT2D eigenvalue weighted by Gasteiger charge is 2.41. The van der Waals surface area contributed by atoms with E-state index in [0.29, 0.717) is 16.6 Å². The first-order chi connectivity index (χ1) is 16.2. The van der Waals surface area contributed by atoms with Crippen molar-refractivity contribution < 1.29 is 4.84 Å². The van der Waals surface area contributed by atoms with E-state index in [1.54, 1.807) is 7.11 Å². The zero-order chi connectivity index (χ0) is 24.6. The van der Waals surface area contributed by atoms with E-state index in [9.17, 15) is 0 Å². The van der Waals surface area contributed by atoms with E-state index >= 15 is 0 Å². The molecule has 0 amide bonds. The van der Waals surface area contributed by atoms with E-state index < -0.39 is 8.07 Å². The summed E-state index contributed by atoms with van der Waals surface area (Å²) in [6.07, 6.45) is 5.44. The predicted molar refractivity (Wildman–Crippen MR) is 150 cm³/mol. The second-order valence-electron chi connectivity index (χ2n) is 11.2.